The van der Waals surface area contributed by atoms with Gasteiger partial charge in [-0.05, 0) is 31.2 Å². The number of fused-ring (bicyclic) bond motifs is 1. The van der Waals surface area contributed by atoms with Gasteiger partial charge in [0.05, 0.1) is 14.2 Å². The van der Waals surface area contributed by atoms with Gasteiger partial charge in [0.2, 0.25) is 5.88 Å². The van der Waals surface area contributed by atoms with Gasteiger partial charge in [0.25, 0.3) is 0 Å². The Labute approximate surface area is 162 Å². The van der Waals surface area contributed by atoms with E-state index in [4.69, 9.17) is 19.0 Å². The predicted molar refractivity (Wildman–Crippen MR) is 93.1 cm³/mol. The van der Waals surface area contributed by atoms with E-state index in [0.717, 1.165) is 12.1 Å². The van der Waals surface area contributed by atoms with Crippen LogP contribution in [0.4, 0.5) is 13.2 Å². The third kappa shape index (κ3) is 4.36. The van der Waals surface area contributed by atoms with E-state index in [2.05, 4.69) is 19.8 Å². The highest BCUT2D eigenvalue weighted by Gasteiger charge is 2.31. The van der Waals surface area contributed by atoms with Crippen molar-refractivity contribution in [3.05, 3.63) is 30.0 Å². The van der Waals surface area contributed by atoms with Crippen molar-refractivity contribution >= 4 is 11.0 Å². The molecule has 0 spiro atoms. The van der Waals surface area contributed by atoms with Crippen LogP contribution in [0.2, 0.25) is 0 Å². The van der Waals surface area contributed by atoms with Crippen LogP contribution in [0.3, 0.4) is 0 Å². The first-order valence-corrected chi connectivity index (χ1v) is 8.21. The zero-order valence-corrected chi connectivity index (χ0v) is 15.9. The van der Waals surface area contributed by atoms with E-state index in [0.29, 0.717) is 22.5 Å². The van der Waals surface area contributed by atoms with E-state index < -0.39 is 12.5 Å². The molecule has 0 bridgehead atoms. The molecule has 1 atom stereocenters. The molecule has 0 radical (unpaired) electrons. The van der Waals surface area contributed by atoms with Crippen LogP contribution in [0.5, 0.6) is 23.4 Å². The lowest BCUT2D eigenvalue weighted by molar-refractivity contribution is -0.274. The molecule has 3 rings (SSSR count). The molecule has 2 heterocycles. The summed E-state index contributed by atoms with van der Waals surface area (Å²) in [6.07, 6.45) is -5.41. The van der Waals surface area contributed by atoms with Crippen LogP contribution >= 0.6 is 0 Å². The van der Waals surface area contributed by atoms with E-state index in [1.54, 1.807) is 6.92 Å². The maximum Gasteiger partial charge on any atom is 0.573 e. The van der Waals surface area contributed by atoms with E-state index in [1.807, 2.05) is 0 Å². The second-order valence-corrected chi connectivity index (χ2v) is 5.64. The van der Waals surface area contributed by atoms with Crippen LogP contribution in [0.15, 0.2) is 24.3 Å². The third-order valence-electron chi connectivity index (χ3n) is 3.77. The van der Waals surface area contributed by atoms with Gasteiger partial charge in [-0.2, -0.15) is 9.97 Å². The average molecular weight is 414 g/mol. The zero-order valence-electron chi connectivity index (χ0n) is 15.9. The lowest BCUT2D eigenvalue weighted by Gasteiger charge is -2.14. The molecule has 0 aliphatic carbocycles. The Balaban J connectivity index is 1.92. The Morgan fingerprint density at radius 2 is 1.62 bits per heavy atom. The molecule has 1 unspecified atom stereocenters. The number of halogens is 3. The summed E-state index contributed by atoms with van der Waals surface area (Å²) in [7, 11) is 4.24. The molecule has 9 nitrogen and oxygen atoms in total. The van der Waals surface area contributed by atoms with Gasteiger partial charge in [-0.3, -0.25) is 0 Å². The molecule has 0 aliphatic rings. The second kappa shape index (κ2) is 7.89. The zero-order chi connectivity index (χ0) is 21.2. The van der Waals surface area contributed by atoms with Gasteiger partial charge in [-0.1, -0.05) is 4.85 Å². The van der Waals surface area contributed by atoms with Crippen molar-refractivity contribution in [2.24, 2.45) is 0 Å². The van der Waals surface area contributed by atoms with Crippen molar-refractivity contribution in [3.63, 3.8) is 0 Å². The minimum atomic E-state index is -4.76. The summed E-state index contributed by atoms with van der Waals surface area (Å²) in [6.45, 7) is 1.70. The Hall–Kier alpha value is -3.44. The van der Waals surface area contributed by atoms with Crippen LogP contribution in [0.1, 0.15) is 18.7 Å². The summed E-state index contributed by atoms with van der Waals surface area (Å²) in [5.41, 5.74) is 1.13. The molecule has 0 saturated heterocycles. The van der Waals surface area contributed by atoms with Crippen LogP contribution in [-0.2, 0) is 0 Å². The first-order valence-electron chi connectivity index (χ1n) is 8.21. The monoisotopic (exact) mass is 414 g/mol. The fourth-order valence-electron chi connectivity index (χ4n) is 2.58. The summed E-state index contributed by atoms with van der Waals surface area (Å²) < 4.78 is 56.8. The van der Waals surface area contributed by atoms with E-state index in [1.165, 1.54) is 38.3 Å². The molecule has 0 saturated carbocycles. The fraction of sp³-hybridized carbons (Fsp3) is 0.353. The Morgan fingerprint density at radius 3 is 2.17 bits per heavy atom. The summed E-state index contributed by atoms with van der Waals surface area (Å²) >= 11 is 0. The van der Waals surface area contributed by atoms with Gasteiger partial charge in [-0.15, -0.1) is 18.3 Å². The topological polar surface area (TPSA) is 89.8 Å². The number of nitrogens with zero attached hydrogens (tertiary/aromatic N) is 4. The Bertz CT molecular complexity index is 991. The van der Waals surface area contributed by atoms with E-state index in [9.17, 15) is 13.2 Å². The molecule has 0 fully saturated rings. The molecule has 156 valence electrons. The van der Waals surface area contributed by atoms with Gasteiger partial charge in [0, 0.05) is 0 Å². The maximum atomic E-state index is 12.3. The average Bonchev–Trinajstić information content (AvgIpc) is 3.06. The van der Waals surface area contributed by atoms with Crippen molar-refractivity contribution in [1.29, 1.82) is 0 Å². The molecule has 0 aliphatic heterocycles. The lowest BCUT2D eigenvalue weighted by atomic mass is 10.2. The number of alkyl halides is 3. The highest BCUT2D eigenvalue weighted by atomic mass is 19.4. The van der Waals surface area contributed by atoms with E-state index >= 15 is 0 Å². The van der Waals surface area contributed by atoms with Crippen molar-refractivity contribution in [2.45, 2.75) is 19.4 Å². The first-order chi connectivity index (χ1) is 13.8. The number of aromatic nitrogens is 4. The SMILES string of the molecule is COc1nc(OC)c2c(n1)c(C(C)Oc1ccc(OC(F)(F)F)cc1)nn2OC. The smallest absolute Gasteiger partial charge is 0.484 e. The van der Waals surface area contributed by atoms with Crippen LogP contribution in [0.25, 0.3) is 11.0 Å². The highest BCUT2D eigenvalue weighted by molar-refractivity contribution is 5.82. The summed E-state index contributed by atoms with van der Waals surface area (Å²) in [5.74, 6) is 0.141. The highest BCUT2D eigenvalue weighted by Crippen LogP contribution is 2.32. The van der Waals surface area contributed by atoms with Gasteiger partial charge in [-0.25, -0.2) is 0 Å². The van der Waals surface area contributed by atoms with Crippen LogP contribution in [-0.4, -0.2) is 47.6 Å². The van der Waals surface area contributed by atoms with Gasteiger partial charge < -0.3 is 23.8 Å². The minimum Gasteiger partial charge on any atom is -0.484 e. The molecule has 0 amide bonds. The van der Waals surface area contributed by atoms with Gasteiger partial charge >= 0.3 is 12.4 Å². The van der Waals surface area contributed by atoms with Crippen molar-refractivity contribution in [3.8, 4) is 23.4 Å². The standard InChI is InChI=1S/C17H17F3N4O5/c1-9(28-10-5-7-11(8-6-10)29-17(18,19)20)12-13-14(24(23-12)27-4)15(25-2)22-16(21-13)26-3/h5-9H,1-4H3. The second-order valence-electron chi connectivity index (χ2n) is 5.64. The molecule has 0 N–H and O–H groups in total. The van der Waals surface area contributed by atoms with Gasteiger partial charge in [0.15, 0.2) is 5.52 Å². The predicted octanol–water partition coefficient (Wildman–Crippen LogP) is 2.94. The van der Waals surface area contributed by atoms with Crippen LogP contribution in [0, 0.1) is 0 Å². The Morgan fingerprint density at radius 1 is 0.966 bits per heavy atom. The Kier molecular flexibility index (Phi) is 5.52. The summed E-state index contributed by atoms with van der Waals surface area (Å²) in [5, 5.41) is 4.31. The largest absolute Gasteiger partial charge is 0.573 e. The molecule has 1 aromatic carbocycles. The third-order valence-corrected chi connectivity index (χ3v) is 3.77. The van der Waals surface area contributed by atoms with E-state index in [-0.39, 0.29) is 17.6 Å². The van der Waals surface area contributed by atoms with Gasteiger partial charge in [0.1, 0.15) is 35.9 Å². The number of methoxy groups -OCH3 is 2. The van der Waals surface area contributed by atoms with Crippen molar-refractivity contribution < 1.29 is 37.0 Å². The normalized spacial score (nSPS) is 12.5. The molecular weight excluding hydrogens is 397 g/mol. The summed E-state index contributed by atoms with van der Waals surface area (Å²) in [4.78, 5) is 14.8. The van der Waals surface area contributed by atoms with Crippen molar-refractivity contribution in [1.82, 2.24) is 19.9 Å². The summed E-state index contributed by atoms with van der Waals surface area (Å²) in [6, 6.07) is 5.06. The number of hydrogen-bond acceptors (Lipinski definition) is 8. The minimum absolute atomic E-state index is 0.0621. The van der Waals surface area contributed by atoms with Crippen LogP contribution < -0.4 is 23.8 Å². The molecular formula is C17H17F3N4O5. The fourth-order valence-corrected chi connectivity index (χ4v) is 2.58. The molecule has 2 aromatic heterocycles. The quantitative estimate of drug-likeness (QED) is 0.583. The van der Waals surface area contributed by atoms with Crippen molar-refractivity contribution in [2.75, 3.05) is 21.3 Å². The maximum absolute atomic E-state index is 12.3. The first kappa shape index (κ1) is 20.3. The number of hydrogen-bond donors (Lipinski definition) is 0. The number of ether oxygens (including phenoxy) is 4. The molecule has 12 heteroatoms. The number of rotatable bonds is 7. The molecule has 3 aromatic rings. The lowest BCUT2D eigenvalue weighted by Crippen LogP contribution is -2.17. The molecule has 29 heavy (non-hydrogen) atoms. The number of benzene rings is 1.